The molecule has 2 rings (SSSR count). The predicted octanol–water partition coefficient (Wildman–Crippen LogP) is 2.97. The Labute approximate surface area is 114 Å². The van der Waals surface area contributed by atoms with Gasteiger partial charge in [-0.25, -0.2) is 0 Å². The first kappa shape index (κ1) is 12.8. The number of carbonyl (C=O) groups excluding carboxylic acids is 1. The summed E-state index contributed by atoms with van der Waals surface area (Å²) >= 11 is 3.43. The van der Waals surface area contributed by atoms with Gasteiger partial charge in [0.1, 0.15) is 0 Å². The second kappa shape index (κ2) is 5.35. The molecule has 0 radical (unpaired) electrons. The summed E-state index contributed by atoms with van der Waals surface area (Å²) in [6, 6.07) is 7.58. The van der Waals surface area contributed by atoms with E-state index in [1.54, 1.807) is 0 Å². The lowest BCUT2D eigenvalue weighted by Crippen LogP contribution is -2.14. The molecule has 0 saturated heterocycles. The van der Waals surface area contributed by atoms with Crippen LogP contribution in [0.2, 0.25) is 0 Å². The smallest absolute Gasteiger partial charge is 0.230 e. The fraction of sp³-hybridized carbons (Fsp3) is 0.231. The molecule has 1 aromatic carbocycles. The lowest BCUT2D eigenvalue weighted by molar-refractivity contribution is -0.115. The average Bonchev–Trinajstić information content (AvgIpc) is 2.69. The van der Waals surface area contributed by atoms with E-state index in [4.69, 9.17) is 0 Å². The molecular formula is C13H14BrN3O. The maximum atomic E-state index is 11.8. The van der Waals surface area contributed by atoms with Crippen molar-refractivity contribution in [2.24, 2.45) is 0 Å². The molecule has 0 aliphatic heterocycles. The summed E-state index contributed by atoms with van der Waals surface area (Å²) in [7, 11) is 0. The van der Waals surface area contributed by atoms with Gasteiger partial charge in [0.05, 0.1) is 12.1 Å². The quantitative estimate of drug-likeness (QED) is 0.916. The van der Waals surface area contributed by atoms with Crippen LogP contribution in [-0.4, -0.2) is 16.1 Å². The van der Waals surface area contributed by atoms with E-state index in [0.29, 0.717) is 0 Å². The first-order chi connectivity index (χ1) is 8.54. The number of hydrogen-bond acceptors (Lipinski definition) is 2. The van der Waals surface area contributed by atoms with Gasteiger partial charge < -0.3 is 5.32 Å². The van der Waals surface area contributed by atoms with Crippen LogP contribution >= 0.6 is 15.9 Å². The van der Waals surface area contributed by atoms with Crippen LogP contribution in [0.1, 0.15) is 17.0 Å². The number of halogens is 1. The van der Waals surface area contributed by atoms with Gasteiger partial charge in [0, 0.05) is 15.9 Å². The van der Waals surface area contributed by atoms with Gasteiger partial charge in [-0.05, 0) is 43.7 Å². The van der Waals surface area contributed by atoms with Crippen molar-refractivity contribution in [3.05, 3.63) is 45.7 Å². The fourth-order valence-electron chi connectivity index (χ4n) is 1.66. The van der Waals surface area contributed by atoms with E-state index in [1.807, 2.05) is 38.1 Å². The van der Waals surface area contributed by atoms with E-state index in [-0.39, 0.29) is 12.3 Å². The van der Waals surface area contributed by atoms with Crippen LogP contribution in [0.3, 0.4) is 0 Å². The highest BCUT2D eigenvalue weighted by molar-refractivity contribution is 9.10. The van der Waals surface area contributed by atoms with Crippen molar-refractivity contribution in [2.75, 3.05) is 5.32 Å². The van der Waals surface area contributed by atoms with E-state index in [0.717, 1.165) is 27.1 Å². The predicted molar refractivity (Wildman–Crippen MR) is 74.5 cm³/mol. The van der Waals surface area contributed by atoms with E-state index in [2.05, 4.69) is 31.4 Å². The number of benzene rings is 1. The molecule has 18 heavy (non-hydrogen) atoms. The maximum absolute atomic E-state index is 11.8. The van der Waals surface area contributed by atoms with Crippen LogP contribution in [0.5, 0.6) is 0 Å². The number of H-pyrrole nitrogens is 1. The van der Waals surface area contributed by atoms with Gasteiger partial charge in [-0.3, -0.25) is 9.89 Å². The Morgan fingerprint density at radius 3 is 2.78 bits per heavy atom. The number of hydrogen-bond donors (Lipinski definition) is 2. The third kappa shape index (κ3) is 3.20. The monoisotopic (exact) mass is 307 g/mol. The number of aromatic nitrogens is 2. The van der Waals surface area contributed by atoms with Crippen molar-refractivity contribution >= 4 is 27.5 Å². The standard InChI is InChI=1S/C13H14BrN3O/c1-8-5-10(3-4-12(8)14)15-13(18)7-11-6-9(2)16-17-11/h3-6H,7H2,1-2H3,(H,15,18)(H,16,17). The number of aromatic amines is 1. The molecule has 0 spiro atoms. The Morgan fingerprint density at radius 1 is 1.39 bits per heavy atom. The Morgan fingerprint density at radius 2 is 2.17 bits per heavy atom. The highest BCUT2D eigenvalue weighted by Gasteiger charge is 2.07. The SMILES string of the molecule is Cc1cc(CC(=O)Nc2ccc(Br)c(C)c2)n[nH]1. The summed E-state index contributed by atoms with van der Waals surface area (Å²) in [5, 5.41) is 9.71. The minimum Gasteiger partial charge on any atom is -0.326 e. The zero-order chi connectivity index (χ0) is 13.1. The third-order valence-electron chi connectivity index (χ3n) is 2.54. The Kier molecular flexibility index (Phi) is 3.81. The summed E-state index contributed by atoms with van der Waals surface area (Å²) in [5.74, 6) is -0.0665. The largest absolute Gasteiger partial charge is 0.326 e. The minimum atomic E-state index is -0.0665. The van der Waals surface area contributed by atoms with Crippen molar-refractivity contribution in [3.63, 3.8) is 0 Å². The summed E-state index contributed by atoms with van der Waals surface area (Å²) in [4.78, 5) is 11.8. The highest BCUT2D eigenvalue weighted by atomic mass is 79.9. The molecule has 0 bridgehead atoms. The summed E-state index contributed by atoms with van der Waals surface area (Å²) in [6.45, 7) is 3.89. The highest BCUT2D eigenvalue weighted by Crippen LogP contribution is 2.20. The van der Waals surface area contributed by atoms with Gasteiger partial charge in [0.2, 0.25) is 5.91 Å². The molecule has 94 valence electrons. The summed E-state index contributed by atoms with van der Waals surface area (Å²) in [5.41, 5.74) is 3.59. The molecule has 0 saturated carbocycles. The molecule has 0 fully saturated rings. The number of anilines is 1. The van der Waals surface area contributed by atoms with Crippen molar-refractivity contribution in [3.8, 4) is 0 Å². The van der Waals surface area contributed by atoms with Crippen molar-refractivity contribution in [1.29, 1.82) is 0 Å². The first-order valence-corrected chi connectivity index (χ1v) is 6.41. The van der Waals surface area contributed by atoms with Crippen LogP contribution in [-0.2, 0) is 11.2 Å². The van der Waals surface area contributed by atoms with Gasteiger partial charge in [-0.15, -0.1) is 0 Å². The van der Waals surface area contributed by atoms with E-state index >= 15 is 0 Å². The van der Waals surface area contributed by atoms with E-state index < -0.39 is 0 Å². The van der Waals surface area contributed by atoms with Crippen LogP contribution in [0, 0.1) is 13.8 Å². The molecule has 2 N–H and O–H groups in total. The van der Waals surface area contributed by atoms with Gasteiger partial charge in [0.25, 0.3) is 0 Å². The maximum Gasteiger partial charge on any atom is 0.230 e. The lowest BCUT2D eigenvalue weighted by atomic mass is 10.2. The molecular weight excluding hydrogens is 294 g/mol. The van der Waals surface area contributed by atoms with Gasteiger partial charge >= 0.3 is 0 Å². The van der Waals surface area contributed by atoms with Gasteiger partial charge in [-0.1, -0.05) is 15.9 Å². The lowest BCUT2D eigenvalue weighted by Gasteiger charge is -2.06. The minimum absolute atomic E-state index is 0.0665. The third-order valence-corrected chi connectivity index (χ3v) is 3.43. The topological polar surface area (TPSA) is 57.8 Å². The molecule has 1 aromatic heterocycles. The molecule has 0 aliphatic carbocycles. The molecule has 0 atom stereocenters. The fourth-order valence-corrected chi connectivity index (χ4v) is 1.90. The summed E-state index contributed by atoms with van der Waals surface area (Å²) < 4.78 is 1.03. The molecule has 1 amide bonds. The second-order valence-corrected chi connectivity index (χ2v) is 5.09. The zero-order valence-electron chi connectivity index (χ0n) is 10.2. The molecule has 5 heteroatoms. The number of rotatable bonds is 3. The van der Waals surface area contributed by atoms with Crippen molar-refractivity contribution in [1.82, 2.24) is 10.2 Å². The van der Waals surface area contributed by atoms with Crippen LogP contribution < -0.4 is 5.32 Å². The summed E-state index contributed by atoms with van der Waals surface area (Å²) in [6.07, 6.45) is 0.277. The molecule has 2 aromatic rings. The van der Waals surface area contributed by atoms with E-state index in [9.17, 15) is 4.79 Å². The normalized spacial score (nSPS) is 10.4. The average molecular weight is 308 g/mol. The van der Waals surface area contributed by atoms with E-state index in [1.165, 1.54) is 0 Å². The van der Waals surface area contributed by atoms with Crippen LogP contribution in [0.4, 0.5) is 5.69 Å². The Bertz CT molecular complexity index is 577. The number of carbonyl (C=O) groups is 1. The van der Waals surface area contributed by atoms with Gasteiger partial charge in [-0.2, -0.15) is 5.10 Å². The van der Waals surface area contributed by atoms with Crippen LogP contribution in [0.15, 0.2) is 28.7 Å². The van der Waals surface area contributed by atoms with Crippen molar-refractivity contribution in [2.45, 2.75) is 20.3 Å². The second-order valence-electron chi connectivity index (χ2n) is 4.23. The number of nitrogens with one attached hydrogen (secondary N) is 2. The Balaban J connectivity index is 2.00. The van der Waals surface area contributed by atoms with Gasteiger partial charge in [0.15, 0.2) is 0 Å². The number of nitrogens with zero attached hydrogens (tertiary/aromatic N) is 1. The number of aryl methyl sites for hydroxylation is 2. The zero-order valence-corrected chi connectivity index (χ0v) is 11.8. The number of amides is 1. The molecule has 0 unspecified atom stereocenters. The molecule has 0 aliphatic rings. The molecule has 1 heterocycles. The van der Waals surface area contributed by atoms with Crippen LogP contribution in [0.25, 0.3) is 0 Å². The van der Waals surface area contributed by atoms with Crippen molar-refractivity contribution < 1.29 is 4.79 Å². The molecule has 4 nitrogen and oxygen atoms in total. The first-order valence-electron chi connectivity index (χ1n) is 5.61. The Hall–Kier alpha value is -1.62.